The third-order valence-corrected chi connectivity index (χ3v) is 8.51. The normalized spacial score (nSPS) is 17.4. The van der Waals surface area contributed by atoms with E-state index < -0.39 is 26.4 Å². The van der Waals surface area contributed by atoms with Gasteiger partial charge in [0.1, 0.15) is 5.82 Å². The molecule has 1 aromatic heterocycles. The van der Waals surface area contributed by atoms with Crippen LogP contribution >= 0.6 is 0 Å². The van der Waals surface area contributed by atoms with Crippen LogP contribution in [0.4, 0.5) is 9.18 Å². The SMILES string of the molecule is COC(=O)[C@@](C)(CCN1Cc2cc(-c3ccc(C#CC4CNC4)cc3F)cn2C1=O)S(C)(=O)=O. The van der Waals surface area contributed by atoms with E-state index in [9.17, 15) is 22.4 Å². The maximum absolute atomic E-state index is 14.8. The number of sulfone groups is 1. The number of halogens is 1. The van der Waals surface area contributed by atoms with Gasteiger partial charge in [0, 0.05) is 60.4 Å². The molecule has 2 aliphatic rings. The molecular weight excluding hydrogens is 461 g/mol. The lowest BCUT2D eigenvalue weighted by Gasteiger charge is -2.26. The summed E-state index contributed by atoms with van der Waals surface area (Å²) in [5.41, 5.74) is 2.19. The van der Waals surface area contributed by atoms with Crippen LogP contribution in [0.5, 0.6) is 0 Å². The van der Waals surface area contributed by atoms with Crippen LogP contribution in [0.1, 0.15) is 24.6 Å². The Morgan fingerprint density at radius 3 is 2.62 bits per heavy atom. The van der Waals surface area contributed by atoms with Crippen molar-refractivity contribution in [3.8, 4) is 23.0 Å². The van der Waals surface area contributed by atoms with Crippen molar-refractivity contribution < 1.29 is 27.1 Å². The lowest BCUT2D eigenvalue weighted by molar-refractivity contribution is -0.143. The highest BCUT2D eigenvalue weighted by atomic mass is 32.2. The topological polar surface area (TPSA) is 97.7 Å². The van der Waals surface area contributed by atoms with Crippen LogP contribution in [0, 0.1) is 23.6 Å². The van der Waals surface area contributed by atoms with Gasteiger partial charge in [-0.2, -0.15) is 0 Å². The molecule has 0 spiro atoms. The third-order valence-electron chi connectivity index (χ3n) is 6.51. The van der Waals surface area contributed by atoms with Gasteiger partial charge < -0.3 is 15.0 Å². The first-order valence-corrected chi connectivity index (χ1v) is 12.7. The molecule has 10 heteroatoms. The summed E-state index contributed by atoms with van der Waals surface area (Å²) in [7, 11) is -2.64. The van der Waals surface area contributed by atoms with Crippen LogP contribution in [0.3, 0.4) is 0 Å². The third kappa shape index (κ3) is 4.33. The minimum Gasteiger partial charge on any atom is -0.468 e. The summed E-state index contributed by atoms with van der Waals surface area (Å²) in [5, 5.41) is 3.14. The zero-order valence-electron chi connectivity index (χ0n) is 19.2. The van der Waals surface area contributed by atoms with Crippen molar-refractivity contribution in [1.82, 2.24) is 14.8 Å². The van der Waals surface area contributed by atoms with Crippen molar-refractivity contribution in [2.24, 2.45) is 5.92 Å². The molecule has 0 radical (unpaired) electrons. The van der Waals surface area contributed by atoms with Crippen LogP contribution < -0.4 is 5.32 Å². The number of hydrogen-bond donors (Lipinski definition) is 1. The summed E-state index contributed by atoms with van der Waals surface area (Å²) in [6.45, 7) is 3.27. The van der Waals surface area contributed by atoms with Gasteiger partial charge in [0.25, 0.3) is 0 Å². The van der Waals surface area contributed by atoms with E-state index in [1.165, 1.54) is 22.5 Å². The van der Waals surface area contributed by atoms with Crippen LogP contribution in [-0.4, -0.2) is 67.6 Å². The number of methoxy groups -OCH3 is 1. The number of hydrogen-bond acceptors (Lipinski definition) is 6. The maximum atomic E-state index is 14.8. The highest BCUT2D eigenvalue weighted by Crippen LogP contribution is 2.31. The number of carbonyl (C=O) groups is 2. The lowest BCUT2D eigenvalue weighted by atomic mass is 10.0. The molecule has 1 fully saturated rings. The number of benzene rings is 1. The molecule has 180 valence electrons. The van der Waals surface area contributed by atoms with E-state index in [2.05, 4.69) is 21.9 Å². The molecule has 0 bridgehead atoms. The molecule has 2 aromatic rings. The number of ether oxygens (including phenoxy) is 1. The molecule has 0 saturated carbocycles. The van der Waals surface area contributed by atoms with E-state index in [1.807, 2.05) is 0 Å². The molecule has 0 unspecified atom stereocenters. The zero-order chi connectivity index (χ0) is 24.7. The molecule has 1 aromatic carbocycles. The second-order valence-corrected chi connectivity index (χ2v) is 11.3. The number of amides is 1. The molecule has 3 heterocycles. The quantitative estimate of drug-likeness (QED) is 0.495. The van der Waals surface area contributed by atoms with Gasteiger partial charge in [-0.3, -0.25) is 9.36 Å². The molecule has 2 aliphatic heterocycles. The maximum Gasteiger partial charge on any atom is 0.328 e. The van der Waals surface area contributed by atoms with Gasteiger partial charge in [-0.15, -0.1) is 0 Å². The van der Waals surface area contributed by atoms with Gasteiger partial charge in [-0.25, -0.2) is 17.6 Å². The van der Waals surface area contributed by atoms with Crippen molar-refractivity contribution in [2.75, 3.05) is 33.0 Å². The summed E-state index contributed by atoms with van der Waals surface area (Å²) in [5.74, 6) is 5.11. The molecule has 0 aliphatic carbocycles. The Hall–Kier alpha value is -3.16. The average molecular weight is 488 g/mol. The van der Waals surface area contributed by atoms with Crippen molar-refractivity contribution >= 4 is 21.8 Å². The Bertz CT molecular complexity index is 1320. The minimum atomic E-state index is -3.77. The highest BCUT2D eigenvalue weighted by Gasteiger charge is 2.45. The Balaban J connectivity index is 1.47. The van der Waals surface area contributed by atoms with Gasteiger partial charge in [0.05, 0.1) is 13.7 Å². The number of rotatable bonds is 6. The smallest absolute Gasteiger partial charge is 0.328 e. The molecule has 34 heavy (non-hydrogen) atoms. The van der Waals surface area contributed by atoms with Gasteiger partial charge in [-0.1, -0.05) is 17.9 Å². The minimum absolute atomic E-state index is 0.0484. The highest BCUT2D eigenvalue weighted by molar-refractivity contribution is 7.92. The van der Waals surface area contributed by atoms with E-state index in [0.29, 0.717) is 28.3 Å². The monoisotopic (exact) mass is 487 g/mol. The van der Waals surface area contributed by atoms with Crippen LogP contribution in [0.15, 0.2) is 30.5 Å². The van der Waals surface area contributed by atoms with Crippen molar-refractivity contribution in [3.63, 3.8) is 0 Å². The summed E-state index contributed by atoms with van der Waals surface area (Å²) < 4.78 is 43.5. The van der Waals surface area contributed by atoms with Gasteiger partial charge in [0.2, 0.25) is 0 Å². The van der Waals surface area contributed by atoms with E-state index in [-0.39, 0.29) is 25.5 Å². The Morgan fingerprint density at radius 1 is 1.32 bits per heavy atom. The van der Waals surface area contributed by atoms with Gasteiger partial charge >= 0.3 is 12.0 Å². The molecule has 1 saturated heterocycles. The Kier molecular flexibility index (Phi) is 6.27. The molecule has 1 N–H and O–H groups in total. The summed E-state index contributed by atoms with van der Waals surface area (Å²) >= 11 is 0. The number of aromatic nitrogens is 1. The second kappa shape index (κ2) is 8.89. The van der Waals surface area contributed by atoms with Crippen molar-refractivity contribution in [3.05, 3.63) is 47.5 Å². The number of carbonyl (C=O) groups excluding carboxylic acids is 2. The van der Waals surface area contributed by atoms with Crippen molar-refractivity contribution in [2.45, 2.75) is 24.6 Å². The van der Waals surface area contributed by atoms with Crippen molar-refractivity contribution in [1.29, 1.82) is 0 Å². The van der Waals surface area contributed by atoms with E-state index >= 15 is 0 Å². The predicted molar refractivity (Wildman–Crippen MR) is 124 cm³/mol. The van der Waals surface area contributed by atoms with Crippen LogP contribution in [-0.2, 0) is 25.9 Å². The first-order valence-electron chi connectivity index (χ1n) is 10.8. The lowest BCUT2D eigenvalue weighted by Crippen LogP contribution is -2.46. The second-order valence-electron chi connectivity index (χ2n) is 8.86. The zero-order valence-corrected chi connectivity index (χ0v) is 20.0. The molecule has 4 rings (SSSR count). The summed E-state index contributed by atoms with van der Waals surface area (Å²) in [6, 6.07) is 6.17. The number of nitrogens with one attached hydrogen (secondary N) is 1. The standard InChI is InChI=1S/C24H26FN3O5S/c1-24(22(29)33-2,34(3,31)32)8-9-27-15-19-11-18(14-28(19)23(27)30)20-7-6-16(10-21(20)25)4-5-17-12-26-13-17/h6-7,10-11,14,17,26H,8-9,12-13,15H2,1-3H3/t24-/m1/s1. The fourth-order valence-corrected chi connectivity index (χ4v) is 4.80. The first kappa shape index (κ1) is 24.0. The average Bonchev–Trinajstić information content (AvgIpc) is 3.28. The number of fused-ring (bicyclic) bond motifs is 1. The first-order chi connectivity index (χ1) is 16.0. The molecule has 8 nitrogen and oxygen atoms in total. The van der Waals surface area contributed by atoms with Crippen LogP contribution in [0.2, 0.25) is 0 Å². The number of esters is 1. The number of nitrogens with zero attached hydrogens (tertiary/aromatic N) is 2. The van der Waals surface area contributed by atoms with E-state index in [1.54, 1.807) is 24.4 Å². The van der Waals surface area contributed by atoms with Gasteiger partial charge in [0.15, 0.2) is 14.6 Å². The molecule has 1 amide bonds. The fourth-order valence-electron chi connectivity index (χ4n) is 3.95. The molecule has 1 atom stereocenters. The summed E-state index contributed by atoms with van der Waals surface area (Å²) in [6.07, 6.45) is 2.44. The fraction of sp³-hybridized carbons (Fsp3) is 0.417. The van der Waals surface area contributed by atoms with E-state index in [0.717, 1.165) is 26.5 Å². The predicted octanol–water partition coefficient (Wildman–Crippen LogP) is 2.02. The Morgan fingerprint density at radius 2 is 2.06 bits per heavy atom. The Labute approximate surface area is 198 Å². The summed E-state index contributed by atoms with van der Waals surface area (Å²) in [4.78, 5) is 26.5. The van der Waals surface area contributed by atoms with Crippen LogP contribution in [0.25, 0.3) is 11.1 Å². The van der Waals surface area contributed by atoms with Gasteiger partial charge in [-0.05, 0) is 31.5 Å². The molecular formula is C24H26FN3O5S. The largest absolute Gasteiger partial charge is 0.468 e. The van der Waals surface area contributed by atoms with E-state index in [4.69, 9.17) is 0 Å².